The van der Waals surface area contributed by atoms with Crippen LogP contribution in [0, 0.1) is 0 Å². The van der Waals surface area contributed by atoms with E-state index in [0.717, 1.165) is 41.1 Å². The fourth-order valence-electron chi connectivity index (χ4n) is 6.32. The van der Waals surface area contributed by atoms with Gasteiger partial charge in [-0.05, 0) is 36.2 Å². The second-order valence-electron chi connectivity index (χ2n) is 12.5. The van der Waals surface area contributed by atoms with Gasteiger partial charge in [0, 0.05) is 17.5 Å². The summed E-state index contributed by atoms with van der Waals surface area (Å²) in [5, 5.41) is 0.707. The molecule has 0 unspecified atom stereocenters. The molecule has 4 rings (SSSR count). The Kier molecular flexibility index (Phi) is 15.1. The third-order valence-corrected chi connectivity index (χ3v) is 8.96. The lowest BCUT2D eigenvalue weighted by Crippen LogP contribution is -2.17. The fourth-order valence-corrected chi connectivity index (χ4v) is 6.32. The van der Waals surface area contributed by atoms with Gasteiger partial charge in [0.25, 0.3) is 0 Å². The minimum atomic E-state index is -0.0545. The fraction of sp³-hybridized carbons (Fsp3) is 0.488. The largest absolute Gasteiger partial charge is 0.497 e. The molecule has 0 fully saturated rings. The second kappa shape index (κ2) is 19.8. The van der Waals surface area contributed by atoms with Crippen molar-refractivity contribution in [3.63, 3.8) is 0 Å². The van der Waals surface area contributed by atoms with Crippen molar-refractivity contribution in [2.24, 2.45) is 0 Å². The summed E-state index contributed by atoms with van der Waals surface area (Å²) in [6.45, 7) is 3.45. The molecule has 4 nitrogen and oxygen atoms in total. The Morgan fingerprint density at radius 1 is 0.600 bits per heavy atom. The molecule has 0 aliphatic heterocycles. The lowest BCUT2D eigenvalue weighted by Gasteiger charge is -2.21. The number of ether oxygens (including phenoxy) is 2. The van der Waals surface area contributed by atoms with Gasteiger partial charge in [-0.2, -0.15) is 0 Å². The molecule has 0 N–H and O–H groups in total. The average molecular weight is 610 g/mol. The summed E-state index contributed by atoms with van der Waals surface area (Å²) in [4.78, 5) is 13.9. The number of unbranched alkanes of at least 4 members (excludes halogenated alkanes) is 15. The van der Waals surface area contributed by atoms with E-state index < -0.39 is 0 Å². The van der Waals surface area contributed by atoms with Crippen molar-refractivity contribution in [3.05, 3.63) is 94.6 Å². The van der Waals surface area contributed by atoms with Gasteiger partial charge >= 0.3 is 0 Å². The van der Waals surface area contributed by atoms with E-state index in [-0.39, 0.29) is 5.43 Å². The molecule has 45 heavy (non-hydrogen) atoms. The molecule has 0 aliphatic rings. The molecule has 3 aromatic carbocycles. The molecule has 0 saturated carbocycles. The van der Waals surface area contributed by atoms with Gasteiger partial charge in [0.1, 0.15) is 12.4 Å². The van der Waals surface area contributed by atoms with Crippen molar-refractivity contribution >= 4 is 10.9 Å². The van der Waals surface area contributed by atoms with Crippen molar-refractivity contribution in [3.8, 4) is 22.8 Å². The van der Waals surface area contributed by atoms with Gasteiger partial charge in [-0.25, -0.2) is 0 Å². The van der Waals surface area contributed by atoms with Crippen LogP contribution in [0.3, 0.4) is 0 Å². The number of aromatic nitrogens is 1. The van der Waals surface area contributed by atoms with Crippen molar-refractivity contribution in [2.45, 2.75) is 123 Å². The zero-order valence-corrected chi connectivity index (χ0v) is 27.9. The van der Waals surface area contributed by atoms with Gasteiger partial charge in [0.15, 0.2) is 5.75 Å². The molecule has 4 aromatic rings. The first kappa shape index (κ1) is 34.3. The lowest BCUT2D eigenvalue weighted by atomic mass is 10.0. The predicted molar refractivity (Wildman–Crippen MR) is 191 cm³/mol. The van der Waals surface area contributed by atoms with E-state index in [9.17, 15) is 4.79 Å². The van der Waals surface area contributed by atoms with Crippen LogP contribution in [0.4, 0.5) is 0 Å². The highest BCUT2D eigenvalue weighted by Crippen LogP contribution is 2.32. The zero-order chi connectivity index (χ0) is 31.5. The Morgan fingerprint density at radius 2 is 1.13 bits per heavy atom. The van der Waals surface area contributed by atoms with Gasteiger partial charge in [-0.1, -0.05) is 158 Å². The van der Waals surface area contributed by atoms with Crippen LogP contribution in [0.5, 0.6) is 11.5 Å². The van der Waals surface area contributed by atoms with Crippen molar-refractivity contribution < 1.29 is 9.47 Å². The Balaban J connectivity index is 1.33. The van der Waals surface area contributed by atoms with Crippen LogP contribution in [0.2, 0.25) is 0 Å². The number of fused-ring (bicyclic) bond motifs is 1. The Labute approximate surface area is 271 Å². The number of nitrogens with zero attached hydrogens (tertiary/aromatic N) is 1. The summed E-state index contributed by atoms with van der Waals surface area (Å²) in [5.41, 5.74) is 3.78. The van der Waals surface area contributed by atoms with Gasteiger partial charge in [-0.15, -0.1) is 0 Å². The minimum absolute atomic E-state index is 0.0545. The summed E-state index contributed by atoms with van der Waals surface area (Å²) in [6.07, 6.45) is 21.6. The highest BCUT2D eigenvalue weighted by molar-refractivity contribution is 5.86. The van der Waals surface area contributed by atoms with Crippen molar-refractivity contribution in [1.29, 1.82) is 0 Å². The standard InChI is InChI=1S/C41H55NO3/c1-3-4-5-6-7-8-9-10-11-12-13-14-15-16-17-23-32-42-38-27-22-21-26-37(38)40(43)41(39(42)35-24-19-18-20-25-35)45-33-34-28-30-36(44-2)31-29-34/h18-22,24-31H,3-17,23,32-33H2,1-2H3. The summed E-state index contributed by atoms with van der Waals surface area (Å²) < 4.78 is 14.0. The van der Waals surface area contributed by atoms with E-state index in [1.165, 1.54) is 96.3 Å². The Bertz CT molecular complexity index is 1440. The molecule has 0 spiro atoms. The maximum absolute atomic E-state index is 13.9. The molecule has 1 heterocycles. The van der Waals surface area contributed by atoms with Crippen LogP contribution in [0.15, 0.2) is 83.7 Å². The van der Waals surface area contributed by atoms with Crippen LogP contribution < -0.4 is 14.9 Å². The number of hydrogen-bond donors (Lipinski definition) is 0. The molecule has 1 aromatic heterocycles. The predicted octanol–water partition coefficient (Wildman–Crippen LogP) is 11.5. The van der Waals surface area contributed by atoms with Crippen LogP contribution >= 0.6 is 0 Å². The molecular weight excluding hydrogens is 554 g/mol. The SMILES string of the molecule is CCCCCCCCCCCCCCCCCCn1c(-c2ccccc2)c(OCc2ccc(OC)cc2)c(=O)c2ccccc21. The van der Waals surface area contributed by atoms with Crippen LogP contribution in [-0.2, 0) is 13.2 Å². The summed E-state index contributed by atoms with van der Waals surface area (Å²) in [7, 11) is 1.66. The number of para-hydroxylation sites is 1. The maximum atomic E-state index is 13.9. The third kappa shape index (κ3) is 10.8. The van der Waals surface area contributed by atoms with Crippen molar-refractivity contribution in [1.82, 2.24) is 4.57 Å². The van der Waals surface area contributed by atoms with E-state index in [0.29, 0.717) is 17.7 Å². The zero-order valence-electron chi connectivity index (χ0n) is 27.9. The van der Waals surface area contributed by atoms with E-state index in [1.807, 2.05) is 60.7 Å². The number of aryl methyl sites for hydroxylation is 1. The van der Waals surface area contributed by atoms with Crippen molar-refractivity contribution in [2.75, 3.05) is 7.11 Å². The van der Waals surface area contributed by atoms with Gasteiger partial charge in [0.2, 0.25) is 5.43 Å². The summed E-state index contributed by atoms with van der Waals surface area (Å²) in [6, 6.07) is 26.0. The molecule has 4 heteroatoms. The molecule has 0 bridgehead atoms. The highest BCUT2D eigenvalue weighted by Gasteiger charge is 2.20. The van der Waals surface area contributed by atoms with E-state index in [2.05, 4.69) is 29.7 Å². The molecule has 0 amide bonds. The topological polar surface area (TPSA) is 40.5 Å². The minimum Gasteiger partial charge on any atom is -0.497 e. The second-order valence-corrected chi connectivity index (χ2v) is 12.5. The van der Waals surface area contributed by atoms with Gasteiger partial charge in [-0.3, -0.25) is 4.79 Å². The quantitative estimate of drug-likeness (QED) is 0.0832. The first-order chi connectivity index (χ1) is 22.2. The summed E-state index contributed by atoms with van der Waals surface area (Å²) >= 11 is 0. The Hall–Kier alpha value is -3.53. The lowest BCUT2D eigenvalue weighted by molar-refractivity contribution is 0.302. The maximum Gasteiger partial charge on any atom is 0.231 e. The summed E-state index contributed by atoms with van der Waals surface area (Å²) in [5.74, 6) is 1.22. The molecule has 0 aliphatic carbocycles. The van der Waals surface area contributed by atoms with Gasteiger partial charge < -0.3 is 14.0 Å². The molecule has 0 atom stereocenters. The van der Waals surface area contributed by atoms with Gasteiger partial charge in [0.05, 0.1) is 18.3 Å². The number of methoxy groups -OCH3 is 1. The Morgan fingerprint density at radius 3 is 1.71 bits per heavy atom. The number of rotatable bonds is 22. The first-order valence-corrected chi connectivity index (χ1v) is 17.7. The number of pyridine rings is 1. The first-order valence-electron chi connectivity index (χ1n) is 17.7. The van der Waals surface area contributed by atoms with E-state index in [1.54, 1.807) is 7.11 Å². The smallest absolute Gasteiger partial charge is 0.231 e. The van der Waals surface area contributed by atoms with Crippen LogP contribution in [0.25, 0.3) is 22.2 Å². The number of benzene rings is 3. The van der Waals surface area contributed by atoms with E-state index in [4.69, 9.17) is 9.47 Å². The van der Waals surface area contributed by atoms with Crippen LogP contribution in [0.1, 0.15) is 115 Å². The van der Waals surface area contributed by atoms with Crippen LogP contribution in [-0.4, -0.2) is 11.7 Å². The average Bonchev–Trinajstić information content (AvgIpc) is 3.09. The molecule has 0 radical (unpaired) electrons. The number of hydrogen-bond acceptors (Lipinski definition) is 3. The monoisotopic (exact) mass is 609 g/mol. The third-order valence-electron chi connectivity index (χ3n) is 8.96. The molecule has 242 valence electrons. The highest BCUT2D eigenvalue weighted by atomic mass is 16.5. The normalized spacial score (nSPS) is 11.2. The molecular formula is C41H55NO3. The van der Waals surface area contributed by atoms with E-state index >= 15 is 0 Å². The molecule has 0 saturated heterocycles.